The summed E-state index contributed by atoms with van der Waals surface area (Å²) in [5.74, 6) is 0.802. The summed E-state index contributed by atoms with van der Waals surface area (Å²) in [4.78, 5) is 26.3. The lowest BCUT2D eigenvalue weighted by Crippen LogP contribution is -2.47. The van der Waals surface area contributed by atoms with Crippen molar-refractivity contribution in [1.82, 2.24) is 34.6 Å². The molecule has 0 spiro atoms. The molecule has 4 heterocycles. The lowest BCUT2D eigenvalue weighted by atomic mass is 10.0. The Balaban J connectivity index is 1.58. The molecule has 0 atom stereocenters. The van der Waals surface area contributed by atoms with Crippen LogP contribution in [0.2, 0.25) is 0 Å². The van der Waals surface area contributed by atoms with E-state index in [0.717, 1.165) is 42.8 Å². The topological polar surface area (TPSA) is 119 Å². The van der Waals surface area contributed by atoms with Gasteiger partial charge in [-0.2, -0.15) is 0 Å². The zero-order valence-electron chi connectivity index (χ0n) is 18.0. The fraction of sp³-hybridized carbons (Fsp3) is 0.318. The van der Waals surface area contributed by atoms with E-state index >= 15 is 0 Å². The quantitative estimate of drug-likeness (QED) is 0.521. The molecule has 5 rings (SSSR count). The molecule has 32 heavy (non-hydrogen) atoms. The van der Waals surface area contributed by atoms with E-state index in [1.165, 1.54) is 0 Å². The highest BCUT2D eigenvalue weighted by Crippen LogP contribution is 2.33. The zero-order chi connectivity index (χ0) is 22.2. The highest BCUT2D eigenvalue weighted by Gasteiger charge is 2.23. The standard InChI is InChI=1S/C22H24N8O2/c1-3-30-19-16(12-24-13-17(19)25-21(30)18-20(23)27-32-26-18)14-5-4-6-15(11-14)22(31)29-9-7-28(2)8-10-29/h4-6,11-13H,3,7-10H2,1-2H3,(H2,23,27). The van der Waals surface area contributed by atoms with Crippen LogP contribution in [0.25, 0.3) is 33.7 Å². The number of benzene rings is 1. The SMILES string of the molecule is CCn1c(-c2nonc2N)nc2cncc(-c3cccc(C(=O)N4CCN(C)CC4)c3)c21. The number of nitrogens with zero attached hydrogens (tertiary/aromatic N) is 7. The molecule has 0 radical (unpaired) electrons. The van der Waals surface area contributed by atoms with E-state index in [-0.39, 0.29) is 11.7 Å². The van der Waals surface area contributed by atoms with Gasteiger partial charge in [0.15, 0.2) is 17.3 Å². The number of nitrogens with two attached hydrogens (primary N) is 1. The van der Waals surface area contributed by atoms with Gasteiger partial charge in [-0.3, -0.25) is 9.78 Å². The van der Waals surface area contributed by atoms with Gasteiger partial charge in [0.2, 0.25) is 0 Å². The van der Waals surface area contributed by atoms with Gasteiger partial charge in [0.25, 0.3) is 5.91 Å². The van der Waals surface area contributed by atoms with Crippen molar-refractivity contribution in [3.8, 4) is 22.6 Å². The van der Waals surface area contributed by atoms with Crippen molar-refractivity contribution in [3.05, 3.63) is 42.2 Å². The lowest BCUT2D eigenvalue weighted by Gasteiger charge is -2.32. The van der Waals surface area contributed by atoms with Crippen molar-refractivity contribution < 1.29 is 9.42 Å². The van der Waals surface area contributed by atoms with Crippen molar-refractivity contribution >= 4 is 22.8 Å². The summed E-state index contributed by atoms with van der Waals surface area (Å²) in [7, 11) is 2.07. The van der Waals surface area contributed by atoms with Crippen molar-refractivity contribution in [3.63, 3.8) is 0 Å². The van der Waals surface area contributed by atoms with E-state index in [9.17, 15) is 4.79 Å². The van der Waals surface area contributed by atoms with Gasteiger partial charge in [0, 0.05) is 50.0 Å². The first-order chi connectivity index (χ1) is 15.6. The van der Waals surface area contributed by atoms with Crippen LogP contribution < -0.4 is 5.73 Å². The molecule has 0 bridgehead atoms. The van der Waals surface area contributed by atoms with E-state index in [2.05, 4.69) is 32.2 Å². The van der Waals surface area contributed by atoms with Crippen LogP contribution in [0.3, 0.4) is 0 Å². The molecule has 4 aromatic rings. The number of aryl methyl sites for hydroxylation is 1. The molecule has 3 aromatic heterocycles. The maximum absolute atomic E-state index is 13.1. The van der Waals surface area contributed by atoms with Crippen LogP contribution in [0.4, 0.5) is 5.82 Å². The molecule has 1 aliphatic heterocycles. The zero-order valence-corrected chi connectivity index (χ0v) is 18.0. The molecule has 10 heteroatoms. The number of anilines is 1. The van der Waals surface area contributed by atoms with E-state index in [1.54, 1.807) is 12.4 Å². The van der Waals surface area contributed by atoms with Crippen LogP contribution in [-0.4, -0.2) is 73.8 Å². The Morgan fingerprint density at radius 2 is 1.97 bits per heavy atom. The number of hydrogen-bond acceptors (Lipinski definition) is 8. The number of nitrogen functional groups attached to an aromatic ring is 1. The third kappa shape index (κ3) is 3.38. The highest BCUT2D eigenvalue weighted by atomic mass is 16.6. The fourth-order valence-electron chi connectivity index (χ4n) is 4.15. The number of likely N-dealkylation sites (N-methyl/N-ethyl adjacent to an activating group) is 1. The molecule has 1 aliphatic rings. The summed E-state index contributed by atoms with van der Waals surface area (Å²) in [5.41, 5.74) is 10.4. The summed E-state index contributed by atoms with van der Waals surface area (Å²) in [6.45, 7) is 5.88. The van der Waals surface area contributed by atoms with E-state index in [4.69, 9.17) is 10.4 Å². The Morgan fingerprint density at radius 1 is 1.16 bits per heavy atom. The first-order valence-electron chi connectivity index (χ1n) is 10.6. The van der Waals surface area contributed by atoms with Crippen LogP contribution in [-0.2, 0) is 6.54 Å². The predicted molar refractivity (Wildman–Crippen MR) is 120 cm³/mol. The van der Waals surface area contributed by atoms with Crippen LogP contribution >= 0.6 is 0 Å². The average molecular weight is 432 g/mol. The molecule has 164 valence electrons. The molecule has 1 amide bonds. The van der Waals surface area contributed by atoms with Crippen LogP contribution in [0.15, 0.2) is 41.3 Å². The molecule has 1 saturated heterocycles. The van der Waals surface area contributed by atoms with Gasteiger partial charge < -0.3 is 20.1 Å². The summed E-state index contributed by atoms with van der Waals surface area (Å²) in [5, 5.41) is 7.60. The Kier molecular flexibility index (Phi) is 5.06. The largest absolute Gasteiger partial charge is 0.379 e. The fourth-order valence-corrected chi connectivity index (χ4v) is 4.15. The lowest BCUT2D eigenvalue weighted by molar-refractivity contribution is 0.0664. The summed E-state index contributed by atoms with van der Waals surface area (Å²) in [6.07, 6.45) is 3.50. The van der Waals surface area contributed by atoms with Gasteiger partial charge in [0.1, 0.15) is 5.52 Å². The number of rotatable bonds is 4. The maximum Gasteiger partial charge on any atom is 0.253 e. The molecule has 10 nitrogen and oxygen atoms in total. The van der Waals surface area contributed by atoms with Crippen molar-refractivity contribution in [1.29, 1.82) is 0 Å². The average Bonchev–Trinajstić information content (AvgIpc) is 3.41. The number of fused-ring (bicyclic) bond motifs is 1. The second-order valence-electron chi connectivity index (χ2n) is 7.91. The molecule has 0 aliphatic carbocycles. The van der Waals surface area contributed by atoms with Crippen LogP contribution in [0.5, 0.6) is 0 Å². The minimum absolute atomic E-state index is 0.0474. The van der Waals surface area contributed by atoms with Crippen molar-refractivity contribution in [2.75, 3.05) is 39.0 Å². The van der Waals surface area contributed by atoms with E-state index in [0.29, 0.717) is 29.1 Å². The van der Waals surface area contributed by atoms with Gasteiger partial charge >= 0.3 is 0 Å². The van der Waals surface area contributed by atoms with Gasteiger partial charge in [-0.05, 0) is 42.0 Å². The van der Waals surface area contributed by atoms with Gasteiger partial charge in [-0.25, -0.2) is 9.61 Å². The summed E-state index contributed by atoms with van der Waals surface area (Å²) < 4.78 is 6.79. The molecular weight excluding hydrogens is 408 g/mol. The monoisotopic (exact) mass is 432 g/mol. The Labute approximate surface area is 184 Å². The third-order valence-electron chi connectivity index (χ3n) is 5.90. The minimum Gasteiger partial charge on any atom is -0.379 e. The normalized spacial score (nSPS) is 14.9. The van der Waals surface area contributed by atoms with E-state index in [1.807, 2.05) is 40.7 Å². The Bertz CT molecular complexity index is 1290. The molecule has 0 unspecified atom stereocenters. The van der Waals surface area contributed by atoms with Crippen LogP contribution in [0.1, 0.15) is 17.3 Å². The number of amides is 1. The smallest absolute Gasteiger partial charge is 0.253 e. The maximum atomic E-state index is 13.1. The minimum atomic E-state index is 0.0474. The number of aromatic nitrogens is 5. The molecule has 2 N–H and O–H groups in total. The van der Waals surface area contributed by atoms with Crippen molar-refractivity contribution in [2.45, 2.75) is 13.5 Å². The highest BCUT2D eigenvalue weighted by molar-refractivity contribution is 5.98. The van der Waals surface area contributed by atoms with Gasteiger partial charge in [-0.1, -0.05) is 12.1 Å². The summed E-state index contributed by atoms with van der Waals surface area (Å²) in [6, 6.07) is 7.68. The molecule has 0 saturated carbocycles. The molecule has 1 aromatic carbocycles. The number of carbonyl (C=O) groups excluding carboxylic acids is 1. The van der Waals surface area contributed by atoms with Crippen molar-refractivity contribution in [2.24, 2.45) is 0 Å². The van der Waals surface area contributed by atoms with Crippen LogP contribution in [0, 0.1) is 0 Å². The van der Waals surface area contributed by atoms with E-state index < -0.39 is 0 Å². The van der Waals surface area contributed by atoms with Gasteiger partial charge in [-0.15, -0.1) is 0 Å². The number of piperazine rings is 1. The first kappa shape index (κ1) is 20.1. The number of carbonyl (C=O) groups is 1. The Hall–Kier alpha value is -3.79. The number of hydrogen-bond donors (Lipinski definition) is 1. The second kappa shape index (κ2) is 8.04. The second-order valence-corrected chi connectivity index (χ2v) is 7.91. The molecule has 1 fully saturated rings. The predicted octanol–water partition coefficient (Wildman–Crippen LogP) is 2.14. The van der Waals surface area contributed by atoms with Gasteiger partial charge in [0.05, 0.1) is 11.7 Å². The summed E-state index contributed by atoms with van der Waals surface area (Å²) >= 11 is 0. The third-order valence-corrected chi connectivity index (χ3v) is 5.90. The first-order valence-corrected chi connectivity index (χ1v) is 10.6. The Morgan fingerprint density at radius 3 is 2.69 bits per heavy atom. The number of imidazole rings is 1. The number of pyridine rings is 1. The molecular formula is C22H24N8O2.